The molecule has 1 rings (SSSR count). The Kier molecular flexibility index (Phi) is 3.52. The van der Waals surface area contributed by atoms with Crippen LogP contribution in [0.3, 0.4) is 0 Å². The second-order valence-electron chi connectivity index (χ2n) is 2.08. The van der Waals surface area contributed by atoms with Crippen LogP contribution in [0.1, 0.15) is 6.92 Å². The third kappa shape index (κ3) is 2.91. The summed E-state index contributed by atoms with van der Waals surface area (Å²) in [6, 6.07) is 3.21. The standard InChI is InChI=1S/C8H8ClNO3/c1-2-12-8(11)13-7-6(9)4-3-5-10-7/h3-5H,2H2,1H3. The van der Waals surface area contributed by atoms with Crippen molar-refractivity contribution in [3.8, 4) is 5.88 Å². The zero-order valence-corrected chi connectivity index (χ0v) is 7.75. The van der Waals surface area contributed by atoms with Gasteiger partial charge in [-0.05, 0) is 19.1 Å². The molecule has 0 radical (unpaired) electrons. The van der Waals surface area contributed by atoms with E-state index in [4.69, 9.17) is 11.6 Å². The van der Waals surface area contributed by atoms with E-state index in [1.165, 1.54) is 6.20 Å². The quantitative estimate of drug-likeness (QED) is 0.689. The minimum atomic E-state index is -0.803. The topological polar surface area (TPSA) is 48.4 Å². The zero-order valence-electron chi connectivity index (χ0n) is 6.99. The Morgan fingerprint density at radius 2 is 2.46 bits per heavy atom. The van der Waals surface area contributed by atoms with E-state index in [1.807, 2.05) is 0 Å². The van der Waals surface area contributed by atoms with Gasteiger partial charge in [-0.1, -0.05) is 11.6 Å². The molecule has 4 nitrogen and oxygen atoms in total. The Hall–Kier alpha value is -1.29. The van der Waals surface area contributed by atoms with E-state index >= 15 is 0 Å². The SMILES string of the molecule is CCOC(=O)Oc1ncccc1Cl. The monoisotopic (exact) mass is 201 g/mol. The summed E-state index contributed by atoms with van der Waals surface area (Å²) in [5.41, 5.74) is 0. The Morgan fingerprint density at radius 3 is 3.08 bits per heavy atom. The highest BCUT2D eigenvalue weighted by Crippen LogP contribution is 2.20. The molecule has 70 valence electrons. The van der Waals surface area contributed by atoms with Crippen LogP contribution in [0.15, 0.2) is 18.3 Å². The number of hydrogen-bond acceptors (Lipinski definition) is 4. The summed E-state index contributed by atoms with van der Waals surface area (Å²) >= 11 is 5.67. The average molecular weight is 202 g/mol. The molecule has 1 aromatic rings. The van der Waals surface area contributed by atoms with Gasteiger partial charge in [0.05, 0.1) is 6.61 Å². The molecule has 0 aliphatic heterocycles. The minimum Gasteiger partial charge on any atom is -0.434 e. The van der Waals surface area contributed by atoms with E-state index in [2.05, 4.69) is 14.5 Å². The van der Waals surface area contributed by atoms with Crippen molar-refractivity contribution in [1.82, 2.24) is 4.98 Å². The normalized spacial score (nSPS) is 9.38. The largest absolute Gasteiger partial charge is 0.515 e. The van der Waals surface area contributed by atoms with E-state index in [1.54, 1.807) is 19.1 Å². The van der Waals surface area contributed by atoms with Gasteiger partial charge in [0.2, 0.25) is 5.88 Å². The number of nitrogens with zero attached hydrogens (tertiary/aromatic N) is 1. The number of pyridine rings is 1. The summed E-state index contributed by atoms with van der Waals surface area (Å²) in [5.74, 6) is 0.0580. The number of aromatic nitrogens is 1. The molecular formula is C8H8ClNO3. The van der Waals surface area contributed by atoms with Crippen molar-refractivity contribution in [2.45, 2.75) is 6.92 Å². The van der Waals surface area contributed by atoms with E-state index in [-0.39, 0.29) is 17.5 Å². The van der Waals surface area contributed by atoms with Crippen LogP contribution in [-0.2, 0) is 4.74 Å². The van der Waals surface area contributed by atoms with E-state index in [0.717, 1.165) is 0 Å². The highest BCUT2D eigenvalue weighted by atomic mass is 35.5. The average Bonchev–Trinajstić information content (AvgIpc) is 2.09. The number of carbonyl (C=O) groups excluding carboxylic acids is 1. The number of hydrogen-bond donors (Lipinski definition) is 0. The first-order chi connectivity index (χ1) is 6.24. The number of rotatable bonds is 2. The molecule has 1 aromatic heterocycles. The van der Waals surface area contributed by atoms with E-state index in [9.17, 15) is 4.79 Å². The fraction of sp³-hybridized carbons (Fsp3) is 0.250. The Labute approximate surface area is 80.4 Å². The van der Waals surface area contributed by atoms with Crippen LogP contribution >= 0.6 is 11.6 Å². The van der Waals surface area contributed by atoms with Crippen LogP contribution in [-0.4, -0.2) is 17.7 Å². The maximum atomic E-state index is 10.8. The van der Waals surface area contributed by atoms with Gasteiger partial charge in [0.15, 0.2) is 0 Å². The Bertz CT molecular complexity index is 303. The molecule has 0 spiro atoms. The van der Waals surface area contributed by atoms with Gasteiger partial charge in [0, 0.05) is 6.20 Å². The van der Waals surface area contributed by atoms with E-state index in [0.29, 0.717) is 0 Å². The predicted octanol–water partition coefficient (Wildman–Crippen LogP) is 2.27. The number of carbonyl (C=O) groups is 1. The molecule has 0 fully saturated rings. The maximum absolute atomic E-state index is 10.8. The molecule has 0 saturated heterocycles. The first-order valence-electron chi connectivity index (χ1n) is 3.69. The molecule has 0 atom stereocenters. The summed E-state index contributed by atoms with van der Waals surface area (Å²) in [6.07, 6.45) is 0.670. The van der Waals surface area contributed by atoms with Gasteiger partial charge in [0.1, 0.15) is 5.02 Å². The fourth-order valence-electron chi connectivity index (χ4n) is 0.673. The molecule has 0 aliphatic rings. The first-order valence-corrected chi connectivity index (χ1v) is 4.07. The van der Waals surface area contributed by atoms with Crippen molar-refractivity contribution in [3.63, 3.8) is 0 Å². The molecule has 13 heavy (non-hydrogen) atoms. The van der Waals surface area contributed by atoms with E-state index < -0.39 is 6.16 Å². The molecule has 0 aromatic carbocycles. The highest BCUT2D eigenvalue weighted by Gasteiger charge is 2.08. The summed E-state index contributed by atoms with van der Waals surface area (Å²) in [6.45, 7) is 1.94. The third-order valence-corrected chi connectivity index (χ3v) is 1.45. The van der Waals surface area contributed by atoms with Crippen molar-refractivity contribution >= 4 is 17.8 Å². The molecular weight excluding hydrogens is 194 g/mol. The van der Waals surface area contributed by atoms with Gasteiger partial charge < -0.3 is 9.47 Å². The van der Waals surface area contributed by atoms with Gasteiger partial charge >= 0.3 is 6.16 Å². The minimum absolute atomic E-state index is 0.0580. The van der Waals surface area contributed by atoms with Gasteiger partial charge in [-0.25, -0.2) is 9.78 Å². The molecule has 0 saturated carbocycles. The van der Waals surface area contributed by atoms with Crippen molar-refractivity contribution in [1.29, 1.82) is 0 Å². The zero-order chi connectivity index (χ0) is 9.68. The summed E-state index contributed by atoms with van der Waals surface area (Å²) in [7, 11) is 0. The molecule has 0 amide bonds. The summed E-state index contributed by atoms with van der Waals surface area (Å²) in [5, 5.41) is 0.274. The van der Waals surface area contributed by atoms with Crippen molar-refractivity contribution < 1.29 is 14.3 Å². The first kappa shape index (κ1) is 9.80. The predicted molar refractivity (Wildman–Crippen MR) is 46.9 cm³/mol. The Balaban J connectivity index is 2.63. The summed E-state index contributed by atoms with van der Waals surface area (Å²) < 4.78 is 9.22. The lowest BCUT2D eigenvalue weighted by Gasteiger charge is -2.03. The van der Waals surface area contributed by atoms with Gasteiger partial charge in [-0.3, -0.25) is 0 Å². The second kappa shape index (κ2) is 4.67. The number of ether oxygens (including phenoxy) is 2. The van der Waals surface area contributed by atoms with Crippen LogP contribution < -0.4 is 4.74 Å². The molecule has 0 bridgehead atoms. The highest BCUT2D eigenvalue weighted by molar-refractivity contribution is 6.31. The van der Waals surface area contributed by atoms with Crippen LogP contribution in [0.2, 0.25) is 5.02 Å². The lowest BCUT2D eigenvalue weighted by atomic mass is 10.5. The summed E-state index contributed by atoms with van der Waals surface area (Å²) in [4.78, 5) is 14.6. The van der Waals surface area contributed by atoms with Crippen molar-refractivity contribution in [2.75, 3.05) is 6.61 Å². The van der Waals surface area contributed by atoms with Crippen LogP contribution in [0.25, 0.3) is 0 Å². The van der Waals surface area contributed by atoms with Gasteiger partial charge in [-0.2, -0.15) is 0 Å². The van der Waals surface area contributed by atoms with Gasteiger partial charge in [0.25, 0.3) is 0 Å². The lowest BCUT2D eigenvalue weighted by molar-refractivity contribution is 0.103. The molecule has 5 heteroatoms. The lowest BCUT2D eigenvalue weighted by Crippen LogP contribution is -2.11. The third-order valence-electron chi connectivity index (χ3n) is 1.17. The fourth-order valence-corrected chi connectivity index (χ4v) is 0.833. The van der Waals surface area contributed by atoms with Crippen LogP contribution in [0, 0.1) is 0 Å². The maximum Gasteiger partial charge on any atom is 0.515 e. The smallest absolute Gasteiger partial charge is 0.434 e. The second-order valence-corrected chi connectivity index (χ2v) is 2.48. The molecule has 0 unspecified atom stereocenters. The molecule has 1 heterocycles. The van der Waals surface area contributed by atoms with Crippen molar-refractivity contribution in [3.05, 3.63) is 23.4 Å². The van der Waals surface area contributed by atoms with Crippen molar-refractivity contribution in [2.24, 2.45) is 0 Å². The number of halogens is 1. The van der Waals surface area contributed by atoms with Crippen LogP contribution in [0.4, 0.5) is 4.79 Å². The van der Waals surface area contributed by atoms with Crippen LogP contribution in [0.5, 0.6) is 5.88 Å². The Morgan fingerprint density at radius 1 is 1.69 bits per heavy atom. The molecule has 0 N–H and O–H groups in total. The van der Waals surface area contributed by atoms with Gasteiger partial charge in [-0.15, -0.1) is 0 Å². The molecule has 0 aliphatic carbocycles.